The average molecular weight is 464 g/mol. The SMILES string of the molecule is O=C(O)c1ccc2c(c1-c1ccccc1Br)CCN2S(=O)(=O)c1cccs1. The number of benzene rings is 2. The number of hydrogen-bond donors (Lipinski definition) is 1. The normalized spacial score (nSPS) is 13.6. The number of anilines is 1. The molecule has 138 valence electrons. The fraction of sp³-hybridized carbons (Fsp3) is 0.105. The molecule has 0 bridgehead atoms. The maximum atomic E-state index is 13.0. The Morgan fingerprint density at radius 1 is 1.11 bits per heavy atom. The van der Waals surface area contributed by atoms with Gasteiger partial charge in [0, 0.05) is 16.6 Å². The molecular formula is C19H14BrNO4S2. The van der Waals surface area contributed by atoms with Gasteiger partial charge in [0.2, 0.25) is 0 Å². The van der Waals surface area contributed by atoms with Crippen molar-refractivity contribution in [3.05, 3.63) is 69.5 Å². The minimum atomic E-state index is -3.66. The molecule has 4 rings (SSSR count). The molecule has 0 atom stereocenters. The maximum Gasteiger partial charge on any atom is 0.336 e. The molecule has 0 fully saturated rings. The second-order valence-corrected chi connectivity index (χ2v) is 9.92. The van der Waals surface area contributed by atoms with Crippen molar-refractivity contribution in [2.24, 2.45) is 0 Å². The van der Waals surface area contributed by atoms with Gasteiger partial charge in [0.15, 0.2) is 0 Å². The van der Waals surface area contributed by atoms with E-state index in [1.807, 2.05) is 24.3 Å². The van der Waals surface area contributed by atoms with Gasteiger partial charge in [-0.15, -0.1) is 11.3 Å². The summed E-state index contributed by atoms with van der Waals surface area (Å²) < 4.78 is 28.4. The van der Waals surface area contributed by atoms with Crippen LogP contribution in [0.2, 0.25) is 0 Å². The van der Waals surface area contributed by atoms with Crippen molar-refractivity contribution in [1.29, 1.82) is 0 Å². The number of hydrogen-bond acceptors (Lipinski definition) is 4. The topological polar surface area (TPSA) is 74.7 Å². The lowest BCUT2D eigenvalue weighted by Crippen LogP contribution is -2.28. The van der Waals surface area contributed by atoms with Crippen LogP contribution >= 0.6 is 27.3 Å². The Hall–Kier alpha value is -2.16. The number of sulfonamides is 1. The summed E-state index contributed by atoms with van der Waals surface area (Å²) in [4.78, 5) is 11.8. The number of rotatable bonds is 4. The van der Waals surface area contributed by atoms with Crippen molar-refractivity contribution in [3.63, 3.8) is 0 Å². The molecule has 5 nitrogen and oxygen atoms in total. The summed E-state index contributed by atoms with van der Waals surface area (Å²) in [6, 6.07) is 13.7. The van der Waals surface area contributed by atoms with E-state index in [-0.39, 0.29) is 16.3 Å². The largest absolute Gasteiger partial charge is 0.478 e. The van der Waals surface area contributed by atoms with Crippen LogP contribution in [-0.2, 0) is 16.4 Å². The number of nitrogens with zero attached hydrogens (tertiary/aromatic N) is 1. The lowest BCUT2D eigenvalue weighted by Gasteiger charge is -2.20. The predicted octanol–water partition coefficient (Wildman–Crippen LogP) is 4.63. The van der Waals surface area contributed by atoms with Crippen LogP contribution in [0.3, 0.4) is 0 Å². The summed E-state index contributed by atoms with van der Waals surface area (Å²) in [6.07, 6.45) is 0.456. The van der Waals surface area contributed by atoms with Gasteiger partial charge in [0.25, 0.3) is 10.0 Å². The summed E-state index contributed by atoms with van der Waals surface area (Å²) in [6.45, 7) is 0.288. The summed E-state index contributed by atoms with van der Waals surface area (Å²) >= 11 is 4.66. The Morgan fingerprint density at radius 2 is 1.89 bits per heavy atom. The fourth-order valence-electron chi connectivity index (χ4n) is 3.38. The van der Waals surface area contributed by atoms with Crippen LogP contribution in [-0.4, -0.2) is 26.0 Å². The highest BCUT2D eigenvalue weighted by atomic mass is 79.9. The van der Waals surface area contributed by atoms with Gasteiger partial charge in [-0.2, -0.15) is 0 Å². The number of aromatic carboxylic acids is 1. The van der Waals surface area contributed by atoms with Gasteiger partial charge >= 0.3 is 5.97 Å². The first-order valence-electron chi connectivity index (χ1n) is 8.11. The van der Waals surface area contributed by atoms with Gasteiger partial charge in [0.05, 0.1) is 11.3 Å². The second-order valence-electron chi connectivity index (χ2n) is 6.03. The van der Waals surface area contributed by atoms with E-state index in [0.29, 0.717) is 17.7 Å². The third kappa shape index (κ3) is 2.97. The maximum absolute atomic E-state index is 13.0. The molecule has 0 amide bonds. The van der Waals surface area contributed by atoms with Crippen molar-refractivity contribution in [3.8, 4) is 11.1 Å². The highest BCUT2D eigenvalue weighted by Crippen LogP contribution is 2.43. The van der Waals surface area contributed by atoms with Crippen molar-refractivity contribution >= 4 is 48.9 Å². The molecule has 1 N–H and O–H groups in total. The Balaban J connectivity index is 1.94. The molecule has 0 saturated heterocycles. The summed E-state index contributed by atoms with van der Waals surface area (Å²) in [5.74, 6) is -1.04. The van der Waals surface area contributed by atoms with Crippen molar-refractivity contribution in [2.75, 3.05) is 10.8 Å². The monoisotopic (exact) mass is 463 g/mol. The van der Waals surface area contributed by atoms with Gasteiger partial charge in [-0.05, 0) is 47.2 Å². The summed E-state index contributed by atoms with van der Waals surface area (Å²) in [5, 5.41) is 11.4. The zero-order chi connectivity index (χ0) is 19.2. The molecular weight excluding hydrogens is 450 g/mol. The molecule has 0 unspecified atom stereocenters. The van der Waals surface area contributed by atoms with Crippen molar-refractivity contribution < 1.29 is 18.3 Å². The molecule has 1 aliphatic rings. The van der Waals surface area contributed by atoms with E-state index in [9.17, 15) is 18.3 Å². The predicted molar refractivity (Wildman–Crippen MR) is 109 cm³/mol. The van der Waals surface area contributed by atoms with E-state index in [1.54, 1.807) is 23.6 Å². The molecule has 3 aromatic rings. The lowest BCUT2D eigenvalue weighted by molar-refractivity contribution is 0.0697. The van der Waals surface area contributed by atoms with Gasteiger partial charge in [-0.1, -0.05) is 40.2 Å². The molecule has 0 spiro atoms. The Labute approximate surface area is 169 Å². The number of carboxylic acids is 1. The van der Waals surface area contributed by atoms with E-state index in [0.717, 1.165) is 15.6 Å². The Bertz CT molecular complexity index is 1140. The second kappa shape index (κ2) is 6.78. The minimum Gasteiger partial charge on any atom is -0.478 e. The van der Waals surface area contributed by atoms with Crippen LogP contribution in [0.25, 0.3) is 11.1 Å². The summed E-state index contributed by atoms with van der Waals surface area (Å²) in [7, 11) is -3.66. The first-order valence-corrected chi connectivity index (χ1v) is 11.2. The first kappa shape index (κ1) is 18.2. The van der Waals surface area contributed by atoms with Crippen LogP contribution in [0, 0.1) is 0 Å². The van der Waals surface area contributed by atoms with E-state index in [4.69, 9.17) is 0 Å². The van der Waals surface area contributed by atoms with Gasteiger partial charge in [-0.3, -0.25) is 4.31 Å². The first-order chi connectivity index (χ1) is 12.9. The van der Waals surface area contributed by atoms with Crippen LogP contribution in [0.1, 0.15) is 15.9 Å². The number of carboxylic acid groups (broad SMARTS) is 1. The zero-order valence-electron chi connectivity index (χ0n) is 13.9. The van der Waals surface area contributed by atoms with E-state index < -0.39 is 16.0 Å². The fourth-order valence-corrected chi connectivity index (χ4v) is 6.46. The number of fused-ring (bicyclic) bond motifs is 1. The van der Waals surface area contributed by atoms with Crippen molar-refractivity contribution in [2.45, 2.75) is 10.6 Å². The van der Waals surface area contributed by atoms with E-state index >= 15 is 0 Å². The third-order valence-corrected chi connectivity index (χ3v) is 8.41. The van der Waals surface area contributed by atoms with Gasteiger partial charge in [0.1, 0.15) is 4.21 Å². The number of carbonyl (C=O) groups is 1. The molecule has 0 aliphatic carbocycles. The Morgan fingerprint density at radius 3 is 2.56 bits per heavy atom. The quantitative estimate of drug-likeness (QED) is 0.611. The van der Waals surface area contributed by atoms with Gasteiger partial charge < -0.3 is 5.11 Å². The van der Waals surface area contributed by atoms with E-state index in [1.165, 1.54) is 21.7 Å². The van der Waals surface area contributed by atoms with Gasteiger partial charge in [-0.25, -0.2) is 13.2 Å². The molecule has 1 aliphatic heterocycles. The summed E-state index contributed by atoms with van der Waals surface area (Å²) in [5.41, 5.74) is 2.75. The van der Waals surface area contributed by atoms with Crippen LogP contribution in [0.4, 0.5) is 5.69 Å². The lowest BCUT2D eigenvalue weighted by atomic mass is 9.93. The minimum absolute atomic E-state index is 0.163. The Kier molecular flexibility index (Phi) is 4.57. The van der Waals surface area contributed by atoms with Crippen LogP contribution in [0.5, 0.6) is 0 Å². The third-order valence-electron chi connectivity index (χ3n) is 4.53. The molecule has 2 aromatic carbocycles. The number of halogens is 1. The molecule has 0 radical (unpaired) electrons. The highest BCUT2D eigenvalue weighted by Gasteiger charge is 2.34. The highest BCUT2D eigenvalue weighted by molar-refractivity contribution is 9.10. The van der Waals surface area contributed by atoms with E-state index in [2.05, 4.69) is 15.9 Å². The van der Waals surface area contributed by atoms with Crippen LogP contribution in [0.15, 0.2) is 62.6 Å². The smallest absolute Gasteiger partial charge is 0.336 e. The van der Waals surface area contributed by atoms with Crippen molar-refractivity contribution in [1.82, 2.24) is 0 Å². The molecule has 27 heavy (non-hydrogen) atoms. The molecule has 8 heteroatoms. The average Bonchev–Trinajstić information content (AvgIpc) is 3.31. The van der Waals surface area contributed by atoms with Crippen LogP contribution < -0.4 is 4.31 Å². The zero-order valence-corrected chi connectivity index (χ0v) is 17.1. The molecule has 1 aromatic heterocycles. The molecule has 2 heterocycles. The standard InChI is InChI=1S/C19H14BrNO4S2/c20-15-5-2-1-4-12(15)18-13-9-10-21(16(13)8-7-14(18)19(22)23)27(24,25)17-6-3-11-26-17/h1-8,11H,9-10H2,(H,22,23). The molecule has 0 saturated carbocycles. The number of thiophene rings is 1.